The van der Waals surface area contributed by atoms with Crippen molar-refractivity contribution in [1.29, 1.82) is 0 Å². The van der Waals surface area contributed by atoms with E-state index in [9.17, 15) is 4.79 Å². The summed E-state index contributed by atoms with van der Waals surface area (Å²) < 4.78 is 5.48. The Bertz CT molecular complexity index is 1500. The summed E-state index contributed by atoms with van der Waals surface area (Å²) in [5.41, 5.74) is 11.5. The second-order valence-electron chi connectivity index (χ2n) is 11.7. The van der Waals surface area contributed by atoms with Crippen LogP contribution in [0, 0.1) is 5.41 Å². The number of nitrogens with zero attached hydrogens (tertiary/aromatic N) is 4. The van der Waals surface area contributed by atoms with Crippen LogP contribution >= 0.6 is 0 Å². The molecule has 41 heavy (non-hydrogen) atoms. The standard InChI is InChI=1S/C33H38N6O2/c1-22(18-23-10-8-13-25(19-23)30(33(2,3)4)41-31(34)40)37-32-35-16-15-29(38-32)39-17-9-14-26-21-36-27(20-28(26)39)24-11-6-5-7-12-24/h5-8,10-13,15-16,19-22,30H,9,14,17-18H2,1-4H3,(H2,34,40)(H,35,37,38). The van der Waals surface area contributed by atoms with Crippen molar-refractivity contribution in [3.63, 3.8) is 0 Å². The maximum atomic E-state index is 11.6. The largest absolute Gasteiger partial charge is 0.441 e. The van der Waals surface area contributed by atoms with Gasteiger partial charge in [0.25, 0.3) is 0 Å². The van der Waals surface area contributed by atoms with Crippen LogP contribution < -0.4 is 16.0 Å². The number of hydrogen-bond acceptors (Lipinski definition) is 7. The molecule has 5 rings (SSSR count). The van der Waals surface area contributed by atoms with Gasteiger partial charge in [-0.15, -0.1) is 0 Å². The fourth-order valence-electron chi connectivity index (χ4n) is 5.41. The molecule has 0 spiro atoms. The van der Waals surface area contributed by atoms with Crippen LogP contribution in [-0.2, 0) is 17.6 Å². The summed E-state index contributed by atoms with van der Waals surface area (Å²) in [6.07, 6.45) is 5.38. The highest BCUT2D eigenvalue weighted by Crippen LogP contribution is 2.37. The molecular weight excluding hydrogens is 512 g/mol. The Morgan fingerprint density at radius 2 is 1.88 bits per heavy atom. The van der Waals surface area contributed by atoms with E-state index in [1.807, 2.05) is 63.4 Å². The molecule has 3 heterocycles. The van der Waals surface area contributed by atoms with E-state index in [1.165, 1.54) is 5.56 Å². The normalized spacial score (nSPS) is 14.6. The van der Waals surface area contributed by atoms with Gasteiger partial charge in [0.1, 0.15) is 11.9 Å². The zero-order valence-electron chi connectivity index (χ0n) is 24.2. The number of fused-ring (bicyclic) bond motifs is 1. The van der Waals surface area contributed by atoms with Crippen molar-refractivity contribution < 1.29 is 9.53 Å². The lowest BCUT2D eigenvalue weighted by atomic mass is 9.84. The third-order valence-electron chi connectivity index (χ3n) is 7.26. The Hall–Kier alpha value is -4.46. The number of rotatable bonds is 8. The second-order valence-corrected chi connectivity index (χ2v) is 11.7. The van der Waals surface area contributed by atoms with Gasteiger partial charge in [-0.2, -0.15) is 4.98 Å². The van der Waals surface area contributed by atoms with E-state index in [2.05, 4.69) is 52.5 Å². The smallest absolute Gasteiger partial charge is 0.405 e. The first kappa shape index (κ1) is 28.1. The molecule has 8 heteroatoms. The molecule has 0 saturated carbocycles. The Morgan fingerprint density at radius 1 is 1.07 bits per heavy atom. The quantitative estimate of drug-likeness (QED) is 0.247. The molecule has 8 nitrogen and oxygen atoms in total. The molecule has 0 bridgehead atoms. The van der Waals surface area contributed by atoms with Crippen molar-refractivity contribution in [2.75, 3.05) is 16.8 Å². The summed E-state index contributed by atoms with van der Waals surface area (Å²) in [5.74, 6) is 1.44. The van der Waals surface area contributed by atoms with Crippen LogP contribution in [0.2, 0.25) is 0 Å². The summed E-state index contributed by atoms with van der Waals surface area (Å²) in [7, 11) is 0. The van der Waals surface area contributed by atoms with Crippen molar-refractivity contribution in [3.8, 4) is 11.3 Å². The Balaban J connectivity index is 1.32. The van der Waals surface area contributed by atoms with Crippen LogP contribution in [0.4, 0.5) is 22.2 Å². The summed E-state index contributed by atoms with van der Waals surface area (Å²) in [6, 6.07) is 22.6. The van der Waals surface area contributed by atoms with E-state index < -0.39 is 12.2 Å². The number of carbonyl (C=O) groups is 1. The minimum absolute atomic E-state index is 0.0631. The Labute approximate surface area is 242 Å². The number of pyridine rings is 1. The van der Waals surface area contributed by atoms with Crippen molar-refractivity contribution in [3.05, 3.63) is 95.8 Å². The third-order valence-corrected chi connectivity index (χ3v) is 7.26. The second kappa shape index (κ2) is 12.0. The molecule has 0 saturated heterocycles. The SMILES string of the molecule is CC(Cc1cccc(C(OC(N)=O)C(C)(C)C)c1)Nc1nccc(N2CCCc3cnc(-c4ccccc4)cc32)n1. The van der Waals surface area contributed by atoms with Gasteiger partial charge in [-0.3, -0.25) is 4.98 Å². The van der Waals surface area contributed by atoms with Crippen LogP contribution in [0.15, 0.2) is 79.1 Å². The molecule has 0 radical (unpaired) electrons. The zero-order valence-corrected chi connectivity index (χ0v) is 24.2. The predicted octanol–water partition coefficient (Wildman–Crippen LogP) is 6.85. The summed E-state index contributed by atoms with van der Waals surface area (Å²) in [6.45, 7) is 9.08. The topological polar surface area (TPSA) is 106 Å². The fourth-order valence-corrected chi connectivity index (χ4v) is 5.41. The molecule has 2 aromatic carbocycles. The average molecular weight is 551 g/mol. The molecule has 2 atom stereocenters. The van der Waals surface area contributed by atoms with Gasteiger partial charge in [-0.05, 0) is 55.0 Å². The van der Waals surface area contributed by atoms with Gasteiger partial charge in [0.2, 0.25) is 5.95 Å². The van der Waals surface area contributed by atoms with Gasteiger partial charge in [-0.25, -0.2) is 9.78 Å². The summed E-state index contributed by atoms with van der Waals surface area (Å²) in [4.78, 5) is 28.0. The first-order valence-corrected chi connectivity index (χ1v) is 14.1. The zero-order chi connectivity index (χ0) is 29.0. The number of benzene rings is 2. The van der Waals surface area contributed by atoms with E-state index in [4.69, 9.17) is 20.4 Å². The lowest BCUT2D eigenvalue weighted by Crippen LogP contribution is -2.27. The lowest BCUT2D eigenvalue weighted by Gasteiger charge is -2.31. The van der Waals surface area contributed by atoms with Crippen LogP contribution in [0.5, 0.6) is 0 Å². The maximum absolute atomic E-state index is 11.6. The Morgan fingerprint density at radius 3 is 2.63 bits per heavy atom. The minimum atomic E-state index is -0.772. The minimum Gasteiger partial charge on any atom is -0.441 e. The number of anilines is 3. The summed E-state index contributed by atoms with van der Waals surface area (Å²) >= 11 is 0. The van der Waals surface area contributed by atoms with E-state index in [-0.39, 0.29) is 11.5 Å². The van der Waals surface area contributed by atoms with Gasteiger partial charge in [0.15, 0.2) is 0 Å². The van der Waals surface area contributed by atoms with Crippen LogP contribution in [-0.4, -0.2) is 33.6 Å². The molecule has 1 amide bonds. The van der Waals surface area contributed by atoms with Gasteiger partial charge >= 0.3 is 6.09 Å². The predicted molar refractivity (Wildman–Crippen MR) is 163 cm³/mol. The number of aryl methyl sites for hydroxylation is 1. The first-order chi connectivity index (χ1) is 19.7. The molecular formula is C33H38N6O2. The molecule has 1 aliphatic heterocycles. The number of aromatic nitrogens is 3. The Kier molecular flexibility index (Phi) is 8.19. The number of carbonyl (C=O) groups excluding carboxylic acids is 1. The van der Waals surface area contributed by atoms with Crippen molar-refractivity contribution in [2.24, 2.45) is 11.1 Å². The highest BCUT2D eigenvalue weighted by molar-refractivity contribution is 5.72. The highest BCUT2D eigenvalue weighted by Gasteiger charge is 2.30. The van der Waals surface area contributed by atoms with Crippen molar-refractivity contribution in [1.82, 2.24) is 15.0 Å². The number of nitrogens with one attached hydrogen (secondary N) is 1. The van der Waals surface area contributed by atoms with Gasteiger partial charge in [-0.1, -0.05) is 75.4 Å². The number of primary amides is 1. The van der Waals surface area contributed by atoms with E-state index >= 15 is 0 Å². The van der Waals surface area contributed by atoms with Crippen molar-refractivity contribution in [2.45, 2.75) is 59.1 Å². The van der Waals surface area contributed by atoms with Gasteiger partial charge in [0.05, 0.1) is 5.69 Å². The monoisotopic (exact) mass is 550 g/mol. The molecule has 0 fully saturated rings. The molecule has 212 valence electrons. The molecule has 2 aromatic heterocycles. The molecule has 2 unspecified atom stereocenters. The van der Waals surface area contributed by atoms with E-state index in [0.717, 1.165) is 59.7 Å². The van der Waals surface area contributed by atoms with Crippen LogP contribution in [0.1, 0.15) is 56.9 Å². The molecule has 3 N–H and O–H groups in total. The van der Waals surface area contributed by atoms with Crippen LogP contribution in [0.25, 0.3) is 11.3 Å². The number of amides is 1. The third kappa shape index (κ3) is 6.82. The summed E-state index contributed by atoms with van der Waals surface area (Å²) in [5, 5.41) is 3.48. The van der Waals surface area contributed by atoms with E-state index in [0.29, 0.717) is 5.95 Å². The maximum Gasteiger partial charge on any atom is 0.405 e. The number of ether oxygens (including phenoxy) is 1. The highest BCUT2D eigenvalue weighted by atomic mass is 16.6. The van der Waals surface area contributed by atoms with Crippen molar-refractivity contribution >= 4 is 23.5 Å². The number of nitrogens with two attached hydrogens (primary N) is 1. The fraction of sp³-hybridized carbons (Fsp3) is 0.333. The van der Waals surface area contributed by atoms with Crippen LogP contribution in [0.3, 0.4) is 0 Å². The molecule has 1 aliphatic rings. The molecule has 4 aromatic rings. The van der Waals surface area contributed by atoms with E-state index in [1.54, 1.807) is 6.20 Å². The lowest BCUT2D eigenvalue weighted by molar-refractivity contribution is 0.0359. The van der Waals surface area contributed by atoms with Gasteiger partial charge in [0, 0.05) is 41.6 Å². The van der Waals surface area contributed by atoms with Gasteiger partial charge < -0.3 is 20.7 Å². The first-order valence-electron chi connectivity index (χ1n) is 14.1. The average Bonchev–Trinajstić information content (AvgIpc) is 2.95. The molecule has 0 aliphatic carbocycles. The number of hydrogen-bond donors (Lipinski definition) is 2.